The zero-order valence-electron chi connectivity index (χ0n) is 9.47. The van der Waals surface area contributed by atoms with Crippen LogP contribution in [0.3, 0.4) is 0 Å². The van der Waals surface area contributed by atoms with Gasteiger partial charge in [-0.15, -0.1) is 0 Å². The highest BCUT2D eigenvalue weighted by Crippen LogP contribution is 2.21. The van der Waals surface area contributed by atoms with Crippen LogP contribution in [0.2, 0.25) is 0 Å². The first kappa shape index (κ1) is 10.6. The van der Waals surface area contributed by atoms with Crippen molar-refractivity contribution in [3.8, 4) is 0 Å². The van der Waals surface area contributed by atoms with Gasteiger partial charge in [0.1, 0.15) is 0 Å². The zero-order chi connectivity index (χ0) is 11.9. The molecule has 86 valence electrons. The van der Waals surface area contributed by atoms with E-state index in [-0.39, 0.29) is 5.54 Å². The Balaban J connectivity index is 2.14. The van der Waals surface area contributed by atoms with Crippen molar-refractivity contribution in [2.24, 2.45) is 0 Å². The first-order valence-electron chi connectivity index (χ1n) is 5.56. The highest BCUT2D eigenvalue weighted by atomic mass is 32.1. The summed E-state index contributed by atoms with van der Waals surface area (Å²) < 4.78 is 0.888. The second-order valence-corrected chi connectivity index (χ2v) is 4.83. The topological polar surface area (TPSA) is 33.1 Å². The first-order chi connectivity index (χ1) is 8.20. The fraction of sp³-hybridized carbons (Fsp3) is 0.154. The summed E-state index contributed by atoms with van der Waals surface area (Å²) in [6.07, 6.45) is 8.03. The van der Waals surface area contributed by atoms with E-state index in [9.17, 15) is 0 Å². The second kappa shape index (κ2) is 3.75. The van der Waals surface area contributed by atoms with Crippen molar-refractivity contribution >= 4 is 23.8 Å². The molecule has 1 aliphatic heterocycles. The summed E-state index contributed by atoms with van der Waals surface area (Å²) in [6, 6.07) is 8.02. The molecule has 4 heteroatoms. The van der Waals surface area contributed by atoms with Crippen LogP contribution >= 0.6 is 0 Å². The molecule has 3 rings (SSSR count). The second-order valence-electron chi connectivity index (χ2n) is 4.39. The third-order valence-corrected chi connectivity index (χ3v) is 3.74. The molecule has 1 aromatic heterocycles. The van der Waals surface area contributed by atoms with Crippen LogP contribution in [0.4, 0.5) is 0 Å². The van der Waals surface area contributed by atoms with E-state index in [1.54, 1.807) is 0 Å². The van der Waals surface area contributed by atoms with Crippen LogP contribution in [0.5, 0.6) is 0 Å². The predicted molar refractivity (Wildman–Crippen MR) is 70.1 cm³/mol. The van der Waals surface area contributed by atoms with Gasteiger partial charge >= 0.3 is 0 Å². The van der Waals surface area contributed by atoms with Crippen molar-refractivity contribution in [1.29, 1.82) is 0 Å². The van der Waals surface area contributed by atoms with Gasteiger partial charge in [0.05, 0.1) is 17.2 Å². The molecule has 1 aliphatic rings. The minimum atomic E-state index is -0.302. The van der Waals surface area contributed by atoms with Gasteiger partial charge in [-0.05, 0) is 24.3 Å². The van der Waals surface area contributed by atoms with Crippen LogP contribution in [-0.2, 0) is 18.4 Å². The number of nitrogens with one attached hydrogen (secondary N) is 2. The number of para-hydroxylation sites is 2. The van der Waals surface area contributed by atoms with Gasteiger partial charge in [-0.25, -0.2) is 4.98 Å². The lowest BCUT2D eigenvalue weighted by Crippen LogP contribution is -3.10. The van der Waals surface area contributed by atoms with Gasteiger partial charge in [0, 0.05) is 6.92 Å². The van der Waals surface area contributed by atoms with Crippen LogP contribution < -0.4 is 4.31 Å². The molecule has 0 spiro atoms. The van der Waals surface area contributed by atoms with Gasteiger partial charge in [0.2, 0.25) is 0 Å². The molecule has 0 amide bonds. The van der Waals surface area contributed by atoms with E-state index in [4.69, 9.17) is 12.8 Å². The lowest BCUT2D eigenvalue weighted by atomic mass is 9.99. The Morgan fingerprint density at radius 1 is 1.29 bits per heavy atom. The van der Waals surface area contributed by atoms with Gasteiger partial charge in [-0.1, -0.05) is 18.2 Å². The van der Waals surface area contributed by atoms with Crippen LogP contribution in [0, 0.1) is 0 Å². The number of hydrogen-bond acceptors (Lipinski definition) is 2. The molecule has 0 fully saturated rings. The first-order valence-corrected chi connectivity index (χ1v) is 5.96. The summed E-state index contributed by atoms with van der Waals surface area (Å²) in [7, 11) is 0. The van der Waals surface area contributed by atoms with Crippen LogP contribution in [0.15, 0.2) is 48.7 Å². The SMILES string of the molecule is CC1(c2nc3ccccc3[nH]2)C=CC=C[NH+]1[S-]. The summed E-state index contributed by atoms with van der Waals surface area (Å²) in [6.45, 7) is 2.09. The van der Waals surface area contributed by atoms with E-state index in [1.165, 1.54) is 0 Å². The summed E-state index contributed by atoms with van der Waals surface area (Å²) in [5, 5.41) is 0. The molecule has 2 N–H and O–H groups in total. The van der Waals surface area contributed by atoms with Crippen molar-refractivity contribution in [3.05, 3.63) is 54.5 Å². The molecule has 0 bridgehead atoms. The van der Waals surface area contributed by atoms with Gasteiger partial charge < -0.3 is 22.1 Å². The fourth-order valence-corrected chi connectivity index (χ4v) is 2.28. The average molecular weight is 243 g/mol. The molecule has 1 aromatic carbocycles. The normalized spacial score (nSPS) is 27.8. The Hall–Kier alpha value is -1.52. The Labute approximate surface area is 105 Å². The third-order valence-electron chi connectivity index (χ3n) is 3.18. The van der Waals surface area contributed by atoms with E-state index in [2.05, 4.69) is 23.0 Å². The van der Waals surface area contributed by atoms with Gasteiger partial charge in [0.25, 0.3) is 0 Å². The lowest BCUT2D eigenvalue weighted by Gasteiger charge is -2.37. The maximum atomic E-state index is 5.43. The Kier molecular flexibility index (Phi) is 2.34. The number of fused-ring (bicyclic) bond motifs is 1. The van der Waals surface area contributed by atoms with E-state index < -0.39 is 0 Å². The summed E-state index contributed by atoms with van der Waals surface area (Å²) >= 11 is 5.43. The highest BCUT2D eigenvalue weighted by molar-refractivity contribution is 7.51. The molecule has 0 saturated carbocycles. The molecule has 0 radical (unpaired) electrons. The van der Waals surface area contributed by atoms with Crippen molar-refractivity contribution in [1.82, 2.24) is 9.97 Å². The van der Waals surface area contributed by atoms with Crippen LogP contribution in [0.1, 0.15) is 12.7 Å². The Bertz CT molecular complexity index is 581. The molecule has 3 nitrogen and oxygen atoms in total. The van der Waals surface area contributed by atoms with Crippen molar-refractivity contribution in [2.45, 2.75) is 12.5 Å². The van der Waals surface area contributed by atoms with Crippen molar-refractivity contribution < 1.29 is 4.31 Å². The summed E-state index contributed by atoms with van der Waals surface area (Å²) in [5.74, 6) is 0.907. The van der Waals surface area contributed by atoms with Gasteiger partial charge in [0.15, 0.2) is 11.4 Å². The monoisotopic (exact) mass is 243 g/mol. The van der Waals surface area contributed by atoms with Crippen molar-refractivity contribution in [3.63, 3.8) is 0 Å². The molecule has 17 heavy (non-hydrogen) atoms. The number of H-pyrrole nitrogens is 1. The minimum absolute atomic E-state index is 0.302. The van der Waals surface area contributed by atoms with Crippen molar-refractivity contribution in [2.75, 3.05) is 0 Å². The van der Waals surface area contributed by atoms with E-state index in [0.717, 1.165) is 21.2 Å². The smallest absolute Gasteiger partial charge is 0.172 e. The zero-order valence-corrected chi connectivity index (χ0v) is 10.3. The standard InChI is InChI=1S/C13H13N3S/c1-13(8-4-5-9-16(13)17)12-14-10-6-2-3-7-11(10)15-12/h2-9,16H,1H3,(H,14,15). The summed E-state index contributed by atoms with van der Waals surface area (Å²) in [5.41, 5.74) is 1.73. The number of aromatic amines is 1. The number of hydrogen-bond donors (Lipinski definition) is 2. The minimum Gasteiger partial charge on any atom is -0.489 e. The van der Waals surface area contributed by atoms with Gasteiger partial charge in [-0.2, -0.15) is 0 Å². The number of benzene rings is 1. The molecule has 2 heterocycles. The molecule has 2 aromatic rings. The lowest BCUT2D eigenvalue weighted by molar-refractivity contribution is -0.760. The number of aromatic nitrogens is 2. The Morgan fingerprint density at radius 2 is 2.12 bits per heavy atom. The summed E-state index contributed by atoms with van der Waals surface area (Å²) in [4.78, 5) is 7.98. The van der Waals surface area contributed by atoms with Crippen LogP contribution in [0.25, 0.3) is 11.0 Å². The molecule has 0 saturated heterocycles. The Morgan fingerprint density at radius 3 is 2.88 bits per heavy atom. The van der Waals surface area contributed by atoms with Crippen LogP contribution in [-0.4, -0.2) is 9.97 Å². The molecular weight excluding hydrogens is 230 g/mol. The number of allylic oxidation sites excluding steroid dienone is 2. The molecule has 2 atom stereocenters. The number of rotatable bonds is 1. The highest BCUT2D eigenvalue weighted by Gasteiger charge is 2.33. The number of quaternary nitrogens is 1. The predicted octanol–water partition coefficient (Wildman–Crippen LogP) is 1.21. The average Bonchev–Trinajstić information content (AvgIpc) is 2.77. The number of nitrogens with zero attached hydrogens (tertiary/aromatic N) is 1. The maximum absolute atomic E-state index is 5.43. The molecular formula is C13H13N3S. The molecule has 0 aliphatic carbocycles. The van der Waals surface area contributed by atoms with E-state index in [0.29, 0.717) is 0 Å². The largest absolute Gasteiger partial charge is 0.489 e. The number of imidazole rings is 1. The van der Waals surface area contributed by atoms with E-state index >= 15 is 0 Å². The van der Waals surface area contributed by atoms with E-state index in [1.807, 2.05) is 42.6 Å². The third kappa shape index (κ3) is 1.61. The molecule has 2 unspecified atom stereocenters. The quantitative estimate of drug-likeness (QED) is 0.738. The van der Waals surface area contributed by atoms with Gasteiger partial charge in [-0.3, -0.25) is 0 Å². The fourth-order valence-electron chi connectivity index (χ4n) is 2.04. The maximum Gasteiger partial charge on any atom is 0.172 e.